The first kappa shape index (κ1) is 15.8. The van der Waals surface area contributed by atoms with Gasteiger partial charge in [0.25, 0.3) is 0 Å². The van der Waals surface area contributed by atoms with Gasteiger partial charge in [-0.2, -0.15) is 0 Å². The number of benzene rings is 2. The van der Waals surface area contributed by atoms with E-state index in [1.54, 1.807) is 0 Å². The summed E-state index contributed by atoms with van der Waals surface area (Å²) in [4.78, 5) is 12.1. The second kappa shape index (κ2) is 8.63. The third-order valence-corrected chi connectivity index (χ3v) is 3.92. The predicted octanol–water partition coefficient (Wildman–Crippen LogP) is 4.46. The van der Waals surface area contributed by atoms with E-state index >= 15 is 0 Å². The molecule has 1 amide bonds. The van der Waals surface area contributed by atoms with Gasteiger partial charge < -0.3 is 5.32 Å². The highest BCUT2D eigenvalue weighted by Gasteiger charge is 2.15. The van der Waals surface area contributed by atoms with E-state index in [1.165, 1.54) is 0 Å². The zero-order valence-corrected chi connectivity index (χ0v) is 13.6. The van der Waals surface area contributed by atoms with Gasteiger partial charge in [0, 0.05) is 11.8 Å². The summed E-state index contributed by atoms with van der Waals surface area (Å²) in [5, 5.41) is 4.10. The van der Waals surface area contributed by atoms with Crippen LogP contribution in [0.5, 0.6) is 0 Å². The van der Waals surface area contributed by atoms with Crippen molar-refractivity contribution in [2.45, 2.75) is 25.3 Å². The zero-order chi connectivity index (χ0) is 14.9. The molecule has 21 heavy (non-hydrogen) atoms. The molecule has 0 radical (unpaired) electrons. The average molecular weight is 346 g/mol. The van der Waals surface area contributed by atoms with Crippen LogP contribution in [0, 0.1) is 0 Å². The number of alkyl halides is 1. The summed E-state index contributed by atoms with van der Waals surface area (Å²) >= 11 is 3.39. The Morgan fingerprint density at radius 1 is 0.905 bits per heavy atom. The number of hydrogen-bond acceptors (Lipinski definition) is 1. The van der Waals surface area contributed by atoms with Gasteiger partial charge in [-0.3, -0.25) is 4.79 Å². The fourth-order valence-corrected chi connectivity index (χ4v) is 2.66. The topological polar surface area (TPSA) is 29.1 Å². The van der Waals surface area contributed by atoms with Crippen LogP contribution in [0.3, 0.4) is 0 Å². The monoisotopic (exact) mass is 345 g/mol. The van der Waals surface area contributed by atoms with Crippen LogP contribution in [0.4, 0.5) is 0 Å². The van der Waals surface area contributed by atoms with E-state index in [-0.39, 0.29) is 11.9 Å². The number of carbonyl (C=O) groups is 1. The van der Waals surface area contributed by atoms with Crippen molar-refractivity contribution in [1.82, 2.24) is 5.32 Å². The predicted molar refractivity (Wildman–Crippen MR) is 90.5 cm³/mol. The Kier molecular flexibility index (Phi) is 6.48. The third kappa shape index (κ3) is 5.01. The summed E-state index contributed by atoms with van der Waals surface area (Å²) < 4.78 is 0. The zero-order valence-electron chi connectivity index (χ0n) is 12.0. The highest BCUT2D eigenvalue weighted by atomic mass is 79.9. The first-order valence-corrected chi connectivity index (χ1v) is 8.38. The van der Waals surface area contributed by atoms with E-state index < -0.39 is 0 Å². The van der Waals surface area contributed by atoms with Crippen molar-refractivity contribution in [3.8, 4) is 0 Å². The number of nitrogens with one attached hydrogen (secondary N) is 1. The maximum atomic E-state index is 12.1. The SMILES string of the molecule is O=C(CCCCBr)NC(c1ccccc1)c1ccccc1. The maximum absolute atomic E-state index is 12.1. The van der Waals surface area contributed by atoms with Crippen molar-refractivity contribution >= 4 is 21.8 Å². The molecular formula is C18H20BrNO. The molecule has 1 N–H and O–H groups in total. The maximum Gasteiger partial charge on any atom is 0.220 e. The Hall–Kier alpha value is -1.61. The van der Waals surface area contributed by atoms with Crippen LogP contribution in [0.1, 0.15) is 36.4 Å². The molecule has 0 fully saturated rings. The summed E-state index contributed by atoms with van der Waals surface area (Å²) in [6.07, 6.45) is 2.50. The molecule has 0 saturated heterocycles. The third-order valence-electron chi connectivity index (χ3n) is 3.36. The molecular weight excluding hydrogens is 326 g/mol. The number of unbranched alkanes of at least 4 members (excludes halogenated alkanes) is 1. The lowest BCUT2D eigenvalue weighted by atomic mass is 9.98. The van der Waals surface area contributed by atoms with Crippen LogP contribution in [-0.2, 0) is 4.79 Å². The molecule has 0 bridgehead atoms. The van der Waals surface area contributed by atoms with Gasteiger partial charge in [0.05, 0.1) is 6.04 Å². The summed E-state index contributed by atoms with van der Waals surface area (Å²) in [5.41, 5.74) is 2.22. The van der Waals surface area contributed by atoms with Gasteiger partial charge in [-0.05, 0) is 24.0 Å². The summed E-state index contributed by atoms with van der Waals surface area (Å²) in [5.74, 6) is 0.105. The molecule has 110 valence electrons. The molecule has 0 spiro atoms. The number of amides is 1. The smallest absolute Gasteiger partial charge is 0.220 e. The number of halogens is 1. The van der Waals surface area contributed by atoms with E-state index in [2.05, 4.69) is 45.5 Å². The number of carbonyl (C=O) groups excluding carboxylic acids is 1. The Labute approximate surface area is 134 Å². The van der Waals surface area contributed by atoms with E-state index in [0.29, 0.717) is 6.42 Å². The minimum Gasteiger partial charge on any atom is -0.345 e. The molecule has 0 aliphatic rings. The number of rotatable bonds is 7. The van der Waals surface area contributed by atoms with Crippen molar-refractivity contribution in [3.63, 3.8) is 0 Å². The molecule has 3 heteroatoms. The highest BCUT2D eigenvalue weighted by molar-refractivity contribution is 9.09. The van der Waals surface area contributed by atoms with Gasteiger partial charge in [0.2, 0.25) is 5.91 Å². The first-order valence-electron chi connectivity index (χ1n) is 7.26. The minimum atomic E-state index is -0.0797. The van der Waals surface area contributed by atoms with Crippen LogP contribution in [0.15, 0.2) is 60.7 Å². The van der Waals surface area contributed by atoms with E-state index in [0.717, 1.165) is 29.3 Å². The second-order valence-electron chi connectivity index (χ2n) is 4.97. The highest BCUT2D eigenvalue weighted by Crippen LogP contribution is 2.21. The summed E-state index contributed by atoms with van der Waals surface area (Å²) in [6, 6.07) is 20.1. The van der Waals surface area contributed by atoms with Crippen molar-refractivity contribution in [1.29, 1.82) is 0 Å². The van der Waals surface area contributed by atoms with Crippen molar-refractivity contribution in [2.75, 3.05) is 5.33 Å². The first-order chi connectivity index (χ1) is 10.3. The van der Waals surface area contributed by atoms with Crippen LogP contribution in [0.25, 0.3) is 0 Å². The molecule has 0 heterocycles. The van der Waals surface area contributed by atoms with Crippen LogP contribution >= 0.6 is 15.9 Å². The standard InChI is InChI=1S/C18H20BrNO/c19-14-8-7-13-17(21)20-18(15-9-3-1-4-10-15)16-11-5-2-6-12-16/h1-6,9-12,18H,7-8,13-14H2,(H,20,21). The normalized spacial score (nSPS) is 10.6. The van der Waals surface area contributed by atoms with Crippen LogP contribution in [0.2, 0.25) is 0 Å². The Balaban J connectivity index is 2.12. The molecule has 0 aromatic heterocycles. The minimum absolute atomic E-state index is 0.0797. The fraction of sp³-hybridized carbons (Fsp3) is 0.278. The molecule has 0 aliphatic carbocycles. The van der Waals surface area contributed by atoms with Gasteiger partial charge in [-0.1, -0.05) is 76.6 Å². The lowest BCUT2D eigenvalue weighted by molar-refractivity contribution is -0.121. The van der Waals surface area contributed by atoms with E-state index in [9.17, 15) is 4.79 Å². The van der Waals surface area contributed by atoms with Crippen LogP contribution in [-0.4, -0.2) is 11.2 Å². The quantitative estimate of drug-likeness (QED) is 0.582. The molecule has 2 aromatic carbocycles. The van der Waals surface area contributed by atoms with Gasteiger partial charge >= 0.3 is 0 Å². The molecule has 2 rings (SSSR count). The van der Waals surface area contributed by atoms with Gasteiger partial charge in [-0.25, -0.2) is 0 Å². The fourth-order valence-electron chi connectivity index (χ4n) is 2.26. The average Bonchev–Trinajstić information content (AvgIpc) is 2.54. The van der Waals surface area contributed by atoms with E-state index in [4.69, 9.17) is 0 Å². The van der Waals surface area contributed by atoms with Gasteiger partial charge in [-0.15, -0.1) is 0 Å². The van der Waals surface area contributed by atoms with Crippen molar-refractivity contribution in [2.24, 2.45) is 0 Å². The Bertz CT molecular complexity index is 502. The number of hydrogen-bond donors (Lipinski definition) is 1. The Morgan fingerprint density at radius 2 is 1.43 bits per heavy atom. The molecule has 0 saturated carbocycles. The molecule has 2 nitrogen and oxygen atoms in total. The molecule has 0 unspecified atom stereocenters. The van der Waals surface area contributed by atoms with Crippen molar-refractivity contribution < 1.29 is 4.79 Å². The van der Waals surface area contributed by atoms with E-state index in [1.807, 2.05) is 36.4 Å². The molecule has 0 aliphatic heterocycles. The second-order valence-corrected chi connectivity index (χ2v) is 5.76. The molecule has 2 aromatic rings. The lowest BCUT2D eigenvalue weighted by Gasteiger charge is -2.20. The summed E-state index contributed by atoms with van der Waals surface area (Å²) in [6.45, 7) is 0. The van der Waals surface area contributed by atoms with Gasteiger partial charge in [0.1, 0.15) is 0 Å². The van der Waals surface area contributed by atoms with Gasteiger partial charge in [0.15, 0.2) is 0 Å². The molecule has 0 atom stereocenters. The summed E-state index contributed by atoms with van der Waals surface area (Å²) in [7, 11) is 0. The largest absolute Gasteiger partial charge is 0.345 e. The van der Waals surface area contributed by atoms with Crippen molar-refractivity contribution in [3.05, 3.63) is 71.8 Å². The lowest BCUT2D eigenvalue weighted by Crippen LogP contribution is -2.29. The Morgan fingerprint density at radius 3 is 1.90 bits per heavy atom. The van der Waals surface area contributed by atoms with Crippen LogP contribution < -0.4 is 5.32 Å².